The van der Waals surface area contributed by atoms with Gasteiger partial charge in [0.2, 0.25) is 34.8 Å². The van der Waals surface area contributed by atoms with Crippen LogP contribution in [0, 0.1) is 80.4 Å². The number of aromatic nitrogens is 2. The van der Waals surface area contributed by atoms with E-state index in [9.17, 15) is 82.9 Å². The van der Waals surface area contributed by atoms with Crippen LogP contribution in [-0.4, -0.2) is 297 Å². The number of nitrogens with two attached hydrogens (primary N) is 1. The van der Waals surface area contributed by atoms with E-state index in [2.05, 4.69) is 68.1 Å². The molecule has 9 fully saturated rings. The van der Waals surface area contributed by atoms with Crippen molar-refractivity contribution in [1.29, 1.82) is 0 Å². The van der Waals surface area contributed by atoms with Gasteiger partial charge in [-0.2, -0.15) is 0 Å². The minimum Gasteiger partial charge on any atom is -0.466 e. The average Bonchev–Trinajstić information content (AvgIpc) is 1.69. The summed E-state index contributed by atoms with van der Waals surface area (Å²) in [6.07, 6.45) is 15.3. The number of ketones is 1. The molecule has 0 saturated carbocycles. The molecule has 8 N–H and O–H groups in total. The first-order chi connectivity index (χ1) is 59.5. The summed E-state index contributed by atoms with van der Waals surface area (Å²) in [6.45, 7) is 29.4. The number of Topliss-reactive ketones (excluding diaryl/α,β-unsaturated/α-hetero) is 1. The molecule has 50 heteroatoms. The largest absolute Gasteiger partial charge is 0.466 e. The van der Waals surface area contributed by atoms with Crippen molar-refractivity contribution in [1.82, 2.24) is 21.0 Å². The van der Waals surface area contributed by atoms with E-state index in [1.54, 1.807) is 54.0 Å². The number of amides is 1. The van der Waals surface area contributed by atoms with Crippen LogP contribution in [0.3, 0.4) is 0 Å². The Kier molecular flexibility index (Phi) is 94.9. The number of halogens is 3. The molecule has 11 heterocycles. The summed E-state index contributed by atoms with van der Waals surface area (Å²) in [5, 5.41) is 43.3. The summed E-state index contributed by atoms with van der Waals surface area (Å²) in [7, 11) is 6.02. The van der Waals surface area contributed by atoms with Crippen LogP contribution in [0.2, 0.25) is 0 Å². The van der Waals surface area contributed by atoms with E-state index in [1.165, 1.54) is 12.2 Å². The Hall–Kier alpha value is -7.53. The zero-order valence-electron chi connectivity index (χ0n) is 75.5. The third kappa shape index (κ3) is 67.0. The summed E-state index contributed by atoms with van der Waals surface area (Å²) in [6, 6.07) is 5.68. The molecule has 2 spiro atoms. The normalized spacial score (nSPS) is 16.3. The Morgan fingerprint density at radius 2 is 1.02 bits per heavy atom. The number of carbonyl (C=O) groups excluding carboxylic acids is 9. The van der Waals surface area contributed by atoms with Crippen LogP contribution in [-0.2, 0) is 157 Å². The van der Waals surface area contributed by atoms with Crippen molar-refractivity contribution in [2.24, 2.45) is 38.2 Å². The van der Waals surface area contributed by atoms with Gasteiger partial charge in [0.05, 0.1) is 179 Å². The smallest absolute Gasteiger partial charge is 0.330 e. The third-order valence-corrected chi connectivity index (χ3v) is 20.4. The number of esters is 6. The molecule has 9 saturated heterocycles. The van der Waals surface area contributed by atoms with E-state index in [0.717, 1.165) is 132 Å². The van der Waals surface area contributed by atoms with Crippen molar-refractivity contribution >= 4 is 118 Å². The summed E-state index contributed by atoms with van der Waals surface area (Å²) in [5.41, 5.74) is 6.60. The molecule has 2 aromatic rings. The van der Waals surface area contributed by atoms with Gasteiger partial charge in [-0.15, -0.1) is 0 Å². The van der Waals surface area contributed by atoms with Gasteiger partial charge in [-0.25, -0.2) is 23.6 Å². The summed E-state index contributed by atoms with van der Waals surface area (Å²) < 4.78 is 90.6. The molecular weight excluding hydrogens is 2060 g/mol. The van der Waals surface area contributed by atoms with Crippen LogP contribution in [0.25, 0.3) is 10.9 Å². The molecule has 0 bridgehead atoms. The SMILES string of the molecule is C.C.C.C.C.C.C.C.C=CC(=O)OCC.CCOC(=O)/C=C/CC1(C[N+](=O)[O-])COC1.CCOC(=O)C=C1COC1.CCOC(=O)CC1(C[N+](=O)[O-])COC1.CCOC(=O)CCCC1(CN)COC1.CCOC(=O)CP(C)(C)=O.C[N+](=O)[O-].N.O.O=C1CCCC2(CN1)COC2.O=C1COC1.O=CCC1(C[N+](=O)[O-])COC1.O=S(Cl)Cl.O=c1c2ccc(Br)cc2nc2n1CC1(CCC2)COC1.[CH3-].[HH].[Pd]. The number of benzene rings is 1. The molecular formula is C88H164BrCl2N9O35PPdS-. The number of aldehydes is 1. The number of carbonyl (C=O) groups is 9. The Balaban J connectivity index is -0.000000115. The van der Waals surface area contributed by atoms with Crippen LogP contribution in [0.15, 0.2) is 63.9 Å². The molecule has 1 aromatic heterocycles. The summed E-state index contributed by atoms with van der Waals surface area (Å²) in [5.74, 6) is -0.571. The average molecular weight is 2230 g/mol. The number of rotatable bonds is 28. The molecule has 814 valence electrons. The Morgan fingerprint density at radius 1 is 0.623 bits per heavy atom. The van der Waals surface area contributed by atoms with E-state index < -0.39 is 59.3 Å². The first-order valence-corrected chi connectivity index (χ1v) is 46.8. The van der Waals surface area contributed by atoms with E-state index in [0.29, 0.717) is 135 Å². The molecule has 44 nitrogen and oxygen atoms in total. The molecule has 0 atom stereocenters. The zero-order chi connectivity index (χ0) is 95.0. The topological polar surface area (TPSA) is 629 Å². The molecule has 1 aromatic carbocycles. The number of fused-ring (bicyclic) bond motifs is 2. The maximum atomic E-state index is 12.7. The minimum atomic E-state index is -2.23. The second kappa shape index (κ2) is 84.0. The molecule has 10 aliphatic rings. The van der Waals surface area contributed by atoms with Gasteiger partial charge in [0, 0.05) is 147 Å². The van der Waals surface area contributed by atoms with Crippen LogP contribution in [0.5, 0.6) is 0 Å². The molecule has 0 unspecified atom stereocenters. The van der Waals surface area contributed by atoms with Gasteiger partial charge in [-0.3, -0.25) is 73.8 Å². The van der Waals surface area contributed by atoms with Crippen LogP contribution >= 0.6 is 44.4 Å². The summed E-state index contributed by atoms with van der Waals surface area (Å²) >= 11 is 3.44. The monoisotopic (exact) mass is 2220 g/mol. The van der Waals surface area contributed by atoms with Crippen molar-refractivity contribution in [2.45, 2.75) is 185 Å². The molecule has 12 rings (SSSR count). The second-order valence-corrected chi connectivity index (χ2v) is 37.7. The van der Waals surface area contributed by atoms with E-state index in [4.69, 9.17) is 72.4 Å². The molecule has 138 heavy (non-hydrogen) atoms. The minimum absolute atomic E-state index is 0. The van der Waals surface area contributed by atoms with Gasteiger partial charge in [0.15, 0.2) is 12.8 Å². The van der Waals surface area contributed by atoms with E-state index >= 15 is 0 Å². The first-order valence-electron chi connectivity index (χ1n) is 40.4. The van der Waals surface area contributed by atoms with Gasteiger partial charge in [-0.1, -0.05) is 88.0 Å². The third-order valence-electron chi connectivity index (χ3n) is 18.9. The molecule has 0 radical (unpaired) electrons. The Bertz CT molecular complexity index is 4010. The number of nitrogens with zero attached hydrogens (tertiary/aromatic N) is 6. The number of hydrogen-bond acceptors (Lipinski definition) is 37. The number of nitro groups is 4. The number of hydrogen-bond donors (Lipinski definition) is 3. The predicted molar refractivity (Wildman–Crippen MR) is 533 cm³/mol. The van der Waals surface area contributed by atoms with Gasteiger partial charge in [0.1, 0.15) is 25.3 Å². The van der Waals surface area contributed by atoms with Crippen molar-refractivity contribution in [3.05, 3.63) is 123 Å². The van der Waals surface area contributed by atoms with Crippen LogP contribution in [0.4, 0.5) is 0 Å². The zero-order valence-corrected chi connectivity index (χ0v) is 81.8. The maximum absolute atomic E-state index is 12.7. The fourth-order valence-electron chi connectivity index (χ4n) is 12.2. The maximum Gasteiger partial charge on any atom is 0.330 e. The number of allylic oxidation sites excluding steroid dienone is 1. The quantitative estimate of drug-likeness (QED) is 0.00680. The first kappa shape index (κ1) is 156. The van der Waals surface area contributed by atoms with Gasteiger partial charge in [0.25, 0.3) is 5.56 Å². The van der Waals surface area contributed by atoms with Crippen molar-refractivity contribution in [2.75, 3.05) is 205 Å². The fourth-order valence-corrected chi connectivity index (χ4v) is 13.3. The molecule has 10 aliphatic heterocycles. The Labute approximate surface area is 850 Å². The standard InChI is InChI=1S/C15H15BrN2O2.C10H15NO5.C10H19NO3.C8H13NO5.C8H13NO2.C7H10O3.C6H9NO4.C6H13O3P.C5H8O2.C3H4O2.CH3NO2.8CH4.CH3.Cl2OS.H3N.H2O.Pd.H2/c16-10-3-4-11-12(6-10)17-13-2-1-5-15(8-20-9-15)7-18(13)14(11)19;1-2-16-9(12)4-3-5-10(6-11(13)14)7-15-8-10;1-2-14-9(12)4-3-5-10(6-11)7-13-8-10;1-2-14-7(10)3-8(4-9(11)12)5-13-6-8;10-7-2-1-3-8(4-9-7)5-11-6-8;1-2-10-7(8)3-6-4-9-5-6;8-2-1-6(3-7(9)10)4-11-5-6;1-4-9-6(7)5-10(2,3)8;1-3-5(6)7-4-2;4-3-1-5-2-3;1-2(3)4;;;;;;;;;;1-4(2)3;;;;/h3-4,6H,1-2,5,7-9H2;3-4H,2,5-8H2,1H3;2-8,11H2,1H3;2-6H2,1H3;1-6H2,(H,9,10);3H,2,4-5H2,1H3;2H,1,3-5H2;4-5H2,1-3H3;3H,1,4H2,2H3;1-2H2;1H3;8*1H4;1H3;;1H3;1H2;;1H/q;;;;;;;;;;;;;;;;;;;-1;;;;;/b;4-3+;;;;;;;;;;;;;;;;;;;;;;;. The number of ether oxygens (including phenoxy) is 14. The van der Waals surface area contributed by atoms with Crippen LogP contribution < -0.4 is 22.8 Å². The van der Waals surface area contributed by atoms with E-state index in [-0.39, 0.29) is 209 Å². The fraction of sp³-hybridized carbons (Fsp3) is 0.727. The summed E-state index contributed by atoms with van der Waals surface area (Å²) in [4.78, 5) is 151. The second-order valence-electron chi connectivity index (χ2n) is 30.8. The van der Waals surface area contributed by atoms with Crippen molar-refractivity contribution in [3.63, 3.8) is 0 Å². The van der Waals surface area contributed by atoms with Gasteiger partial charge < -0.3 is 106 Å². The number of aryl methyl sites for hydroxylation is 1. The van der Waals surface area contributed by atoms with Crippen LogP contribution in [0.1, 0.15) is 179 Å². The van der Waals surface area contributed by atoms with Gasteiger partial charge in [-0.05, 0) is 124 Å². The predicted octanol–water partition coefficient (Wildman–Crippen LogP) is 12.5. The Morgan fingerprint density at radius 3 is 1.38 bits per heavy atom. The van der Waals surface area contributed by atoms with Crippen molar-refractivity contribution < 1.29 is 165 Å². The molecule has 0 aliphatic carbocycles. The molecule has 1 amide bonds. The van der Waals surface area contributed by atoms with Gasteiger partial charge >= 0.3 is 35.8 Å². The van der Waals surface area contributed by atoms with Crippen molar-refractivity contribution in [3.8, 4) is 0 Å². The number of nitrogens with one attached hydrogen (secondary N) is 1. The van der Waals surface area contributed by atoms with E-state index in [1.807, 2.05) is 29.7 Å².